The summed E-state index contributed by atoms with van der Waals surface area (Å²) in [5.74, 6) is 1.42. The molecular formula is C20H16N2O5. The fourth-order valence-corrected chi connectivity index (χ4v) is 2.24. The molecule has 7 heteroatoms. The molecule has 0 spiro atoms. The molecule has 0 heterocycles. The zero-order chi connectivity index (χ0) is 19.1. The molecule has 0 saturated carbocycles. The van der Waals surface area contributed by atoms with Crippen LogP contribution in [0.3, 0.4) is 0 Å². The summed E-state index contributed by atoms with van der Waals surface area (Å²) < 4.78 is 11.0. The zero-order valence-electron chi connectivity index (χ0n) is 14.2. The quantitative estimate of drug-likeness (QED) is 0.495. The first kappa shape index (κ1) is 17.9. The van der Waals surface area contributed by atoms with Crippen molar-refractivity contribution in [2.75, 3.05) is 11.9 Å². The van der Waals surface area contributed by atoms with Crippen molar-refractivity contribution in [2.24, 2.45) is 0 Å². The van der Waals surface area contributed by atoms with Gasteiger partial charge in [-0.25, -0.2) is 0 Å². The fraction of sp³-hybridized carbons (Fsp3) is 0.0500. The molecule has 3 aromatic rings. The molecule has 0 saturated heterocycles. The van der Waals surface area contributed by atoms with Crippen LogP contribution in [0.15, 0.2) is 78.9 Å². The molecule has 0 aliphatic rings. The number of carbonyl (C=O) groups excluding carboxylic acids is 1. The number of para-hydroxylation sites is 1. The number of hydrogen-bond donors (Lipinski definition) is 1. The molecule has 3 rings (SSSR count). The van der Waals surface area contributed by atoms with E-state index in [1.807, 2.05) is 30.3 Å². The third-order valence-electron chi connectivity index (χ3n) is 3.53. The number of anilines is 1. The van der Waals surface area contributed by atoms with Crippen molar-refractivity contribution < 1.29 is 19.2 Å². The minimum atomic E-state index is -0.498. The number of carbonyl (C=O) groups is 1. The van der Waals surface area contributed by atoms with Gasteiger partial charge in [-0.05, 0) is 48.5 Å². The number of nitro groups is 1. The Bertz CT molecular complexity index is 909. The number of rotatable bonds is 7. The van der Waals surface area contributed by atoms with Gasteiger partial charge in [0.25, 0.3) is 11.6 Å². The molecule has 27 heavy (non-hydrogen) atoms. The Balaban J connectivity index is 1.49. The summed E-state index contributed by atoms with van der Waals surface area (Å²) in [6, 6.07) is 21.9. The molecule has 0 fully saturated rings. The zero-order valence-corrected chi connectivity index (χ0v) is 14.2. The second-order valence-corrected chi connectivity index (χ2v) is 5.53. The molecular weight excluding hydrogens is 348 g/mol. The molecule has 0 atom stereocenters. The number of non-ortho nitro benzene ring substituents is 1. The van der Waals surface area contributed by atoms with Crippen LogP contribution in [-0.4, -0.2) is 17.4 Å². The highest BCUT2D eigenvalue weighted by Gasteiger charge is 2.07. The number of nitrogens with zero attached hydrogens (tertiary/aromatic N) is 1. The highest BCUT2D eigenvalue weighted by molar-refractivity contribution is 5.91. The normalized spacial score (nSPS) is 10.1. The van der Waals surface area contributed by atoms with Gasteiger partial charge in [0.05, 0.1) is 4.92 Å². The predicted octanol–water partition coefficient (Wildman–Crippen LogP) is 4.40. The van der Waals surface area contributed by atoms with E-state index in [0.29, 0.717) is 17.2 Å². The summed E-state index contributed by atoms with van der Waals surface area (Å²) in [4.78, 5) is 22.1. The summed E-state index contributed by atoms with van der Waals surface area (Å²) in [6.07, 6.45) is 0. The molecule has 0 aliphatic heterocycles. The van der Waals surface area contributed by atoms with E-state index in [-0.39, 0.29) is 18.2 Å². The Labute approximate surface area is 155 Å². The topological polar surface area (TPSA) is 90.7 Å². The van der Waals surface area contributed by atoms with Gasteiger partial charge in [0.1, 0.15) is 17.2 Å². The van der Waals surface area contributed by atoms with Crippen LogP contribution in [0.5, 0.6) is 17.2 Å². The van der Waals surface area contributed by atoms with E-state index in [9.17, 15) is 14.9 Å². The first-order chi connectivity index (χ1) is 13.1. The van der Waals surface area contributed by atoms with E-state index in [2.05, 4.69) is 5.32 Å². The van der Waals surface area contributed by atoms with Crippen molar-refractivity contribution in [1.82, 2.24) is 0 Å². The van der Waals surface area contributed by atoms with Crippen LogP contribution in [0.25, 0.3) is 0 Å². The van der Waals surface area contributed by atoms with Crippen LogP contribution in [0.4, 0.5) is 11.4 Å². The largest absolute Gasteiger partial charge is 0.484 e. The van der Waals surface area contributed by atoms with E-state index in [1.54, 1.807) is 24.3 Å². The molecule has 7 nitrogen and oxygen atoms in total. The predicted molar refractivity (Wildman–Crippen MR) is 100 cm³/mol. The van der Waals surface area contributed by atoms with Crippen molar-refractivity contribution >= 4 is 17.3 Å². The monoisotopic (exact) mass is 364 g/mol. The van der Waals surface area contributed by atoms with Gasteiger partial charge in [-0.1, -0.05) is 18.2 Å². The van der Waals surface area contributed by atoms with E-state index in [4.69, 9.17) is 9.47 Å². The van der Waals surface area contributed by atoms with Gasteiger partial charge in [0.2, 0.25) is 0 Å². The van der Waals surface area contributed by atoms with Gasteiger partial charge < -0.3 is 14.8 Å². The lowest BCUT2D eigenvalue weighted by atomic mass is 10.3. The Morgan fingerprint density at radius 2 is 1.44 bits per heavy atom. The van der Waals surface area contributed by atoms with E-state index in [1.165, 1.54) is 24.3 Å². The van der Waals surface area contributed by atoms with E-state index < -0.39 is 4.92 Å². The highest BCUT2D eigenvalue weighted by Crippen LogP contribution is 2.22. The summed E-state index contributed by atoms with van der Waals surface area (Å²) >= 11 is 0. The van der Waals surface area contributed by atoms with Crippen LogP contribution in [0.1, 0.15) is 0 Å². The highest BCUT2D eigenvalue weighted by atomic mass is 16.6. The van der Waals surface area contributed by atoms with Gasteiger partial charge in [0.15, 0.2) is 6.61 Å². The van der Waals surface area contributed by atoms with Crippen molar-refractivity contribution in [3.8, 4) is 17.2 Å². The minimum Gasteiger partial charge on any atom is -0.484 e. The summed E-state index contributed by atoms with van der Waals surface area (Å²) in [5.41, 5.74) is 0.567. The average Bonchev–Trinajstić information content (AvgIpc) is 2.69. The molecule has 1 N–H and O–H groups in total. The number of ether oxygens (including phenoxy) is 2. The Morgan fingerprint density at radius 3 is 2.07 bits per heavy atom. The second-order valence-electron chi connectivity index (χ2n) is 5.53. The smallest absolute Gasteiger partial charge is 0.269 e. The number of nitro benzene ring substituents is 1. The first-order valence-electron chi connectivity index (χ1n) is 8.10. The summed E-state index contributed by atoms with van der Waals surface area (Å²) in [7, 11) is 0. The fourth-order valence-electron chi connectivity index (χ4n) is 2.24. The van der Waals surface area contributed by atoms with Gasteiger partial charge in [-0.2, -0.15) is 0 Å². The first-order valence-corrected chi connectivity index (χ1v) is 8.10. The molecule has 0 aliphatic carbocycles. The molecule has 3 aromatic carbocycles. The maximum atomic E-state index is 12.0. The number of benzene rings is 3. The Morgan fingerprint density at radius 1 is 0.852 bits per heavy atom. The van der Waals surface area contributed by atoms with Crippen LogP contribution >= 0.6 is 0 Å². The molecule has 0 bridgehead atoms. The lowest BCUT2D eigenvalue weighted by Crippen LogP contribution is -2.20. The van der Waals surface area contributed by atoms with Crippen LogP contribution in [0, 0.1) is 10.1 Å². The van der Waals surface area contributed by atoms with Crippen LogP contribution in [0.2, 0.25) is 0 Å². The molecule has 0 unspecified atom stereocenters. The maximum absolute atomic E-state index is 12.0. The van der Waals surface area contributed by atoms with Crippen molar-refractivity contribution in [3.05, 3.63) is 89.0 Å². The Kier molecular flexibility index (Phi) is 5.64. The number of hydrogen-bond acceptors (Lipinski definition) is 5. The molecule has 1 amide bonds. The minimum absolute atomic E-state index is 0.0374. The van der Waals surface area contributed by atoms with Crippen LogP contribution < -0.4 is 14.8 Å². The molecule has 0 radical (unpaired) electrons. The maximum Gasteiger partial charge on any atom is 0.269 e. The van der Waals surface area contributed by atoms with Gasteiger partial charge in [0, 0.05) is 17.8 Å². The standard InChI is InChI=1S/C20H16N2O5/c23-20(14-26-17-12-8-16(9-13-17)22(24)25)21-15-6-10-19(11-7-15)27-18-4-2-1-3-5-18/h1-13H,14H2,(H,21,23). The van der Waals surface area contributed by atoms with Gasteiger partial charge >= 0.3 is 0 Å². The summed E-state index contributed by atoms with van der Waals surface area (Å²) in [5, 5.41) is 13.3. The van der Waals surface area contributed by atoms with Crippen molar-refractivity contribution in [1.29, 1.82) is 0 Å². The lowest BCUT2D eigenvalue weighted by molar-refractivity contribution is -0.384. The summed E-state index contributed by atoms with van der Waals surface area (Å²) in [6.45, 7) is -0.208. The van der Waals surface area contributed by atoms with Crippen molar-refractivity contribution in [3.63, 3.8) is 0 Å². The van der Waals surface area contributed by atoms with Crippen LogP contribution in [-0.2, 0) is 4.79 Å². The second kappa shape index (κ2) is 8.48. The Hall–Kier alpha value is -3.87. The molecule has 0 aromatic heterocycles. The SMILES string of the molecule is O=C(COc1ccc([N+](=O)[O-])cc1)Nc1ccc(Oc2ccccc2)cc1. The third kappa shape index (κ3) is 5.30. The van der Waals surface area contributed by atoms with E-state index >= 15 is 0 Å². The molecule has 136 valence electrons. The average molecular weight is 364 g/mol. The number of amides is 1. The van der Waals surface area contributed by atoms with Crippen molar-refractivity contribution in [2.45, 2.75) is 0 Å². The van der Waals surface area contributed by atoms with E-state index in [0.717, 1.165) is 5.75 Å². The van der Waals surface area contributed by atoms with Gasteiger partial charge in [-0.15, -0.1) is 0 Å². The number of nitrogens with one attached hydrogen (secondary N) is 1. The third-order valence-corrected chi connectivity index (χ3v) is 3.53. The lowest BCUT2D eigenvalue weighted by Gasteiger charge is -2.09. The van der Waals surface area contributed by atoms with Gasteiger partial charge in [-0.3, -0.25) is 14.9 Å².